The van der Waals surface area contributed by atoms with Gasteiger partial charge in [-0.3, -0.25) is 0 Å². The molecule has 1 rings (SSSR count). The van der Waals surface area contributed by atoms with E-state index in [1.165, 1.54) is 0 Å². The van der Waals surface area contributed by atoms with Crippen molar-refractivity contribution >= 4 is 5.97 Å². The minimum Gasteiger partial charge on any atom is -0.479 e. The van der Waals surface area contributed by atoms with Gasteiger partial charge in [-0.05, 0) is 19.4 Å². The highest BCUT2D eigenvalue weighted by Gasteiger charge is 2.02. The summed E-state index contributed by atoms with van der Waals surface area (Å²) in [5.41, 5.74) is 1.73. The van der Waals surface area contributed by atoms with Gasteiger partial charge in [-0.1, -0.05) is 0 Å². The number of aryl methyl sites for hydroxylation is 2. The first-order valence-electron chi connectivity index (χ1n) is 3.74. The third-order valence-electron chi connectivity index (χ3n) is 1.53. The summed E-state index contributed by atoms with van der Waals surface area (Å²) in [7, 11) is 0. The molecule has 0 bridgehead atoms. The summed E-state index contributed by atoms with van der Waals surface area (Å²) in [5, 5.41) is 8.32. The van der Waals surface area contributed by atoms with Crippen LogP contribution < -0.4 is 4.74 Å². The van der Waals surface area contributed by atoms with Crippen molar-refractivity contribution in [3.8, 4) is 6.01 Å². The van der Waals surface area contributed by atoms with Gasteiger partial charge in [0.15, 0.2) is 6.61 Å². The van der Waals surface area contributed by atoms with Crippen LogP contribution in [0.5, 0.6) is 6.01 Å². The maximum Gasteiger partial charge on any atom is 0.341 e. The molecule has 0 spiro atoms. The molecule has 13 heavy (non-hydrogen) atoms. The molecule has 0 aliphatic heterocycles. The van der Waals surface area contributed by atoms with Gasteiger partial charge in [0.05, 0.1) is 0 Å². The number of carboxylic acids is 1. The summed E-state index contributed by atoms with van der Waals surface area (Å²) < 4.78 is 4.78. The molecule has 0 atom stereocenters. The summed E-state index contributed by atoms with van der Waals surface area (Å²) in [6.45, 7) is 3.27. The number of aliphatic carboxylic acids is 1. The SMILES string of the molecule is Cc1cnc(OCC(=O)O)nc1C. The summed E-state index contributed by atoms with van der Waals surface area (Å²) >= 11 is 0. The van der Waals surface area contributed by atoms with Crippen molar-refractivity contribution in [1.82, 2.24) is 9.97 Å². The minimum absolute atomic E-state index is 0.102. The molecule has 0 saturated carbocycles. The van der Waals surface area contributed by atoms with E-state index in [-0.39, 0.29) is 6.01 Å². The standard InChI is InChI=1S/C8H10N2O3/c1-5-3-9-8(10-6(5)2)13-4-7(11)12/h3H,4H2,1-2H3,(H,11,12). The van der Waals surface area contributed by atoms with Crippen LogP contribution in [-0.4, -0.2) is 27.7 Å². The van der Waals surface area contributed by atoms with Crippen LogP contribution in [0.4, 0.5) is 0 Å². The molecule has 0 aromatic carbocycles. The molecule has 0 aliphatic rings. The Labute approximate surface area is 75.4 Å². The normalized spacial score (nSPS) is 9.69. The molecule has 5 nitrogen and oxygen atoms in total. The van der Waals surface area contributed by atoms with Crippen LogP contribution in [0, 0.1) is 13.8 Å². The van der Waals surface area contributed by atoms with Crippen molar-refractivity contribution in [3.05, 3.63) is 17.5 Å². The first-order valence-corrected chi connectivity index (χ1v) is 3.74. The van der Waals surface area contributed by atoms with Gasteiger partial charge >= 0.3 is 12.0 Å². The highest BCUT2D eigenvalue weighted by Crippen LogP contribution is 2.06. The van der Waals surface area contributed by atoms with E-state index < -0.39 is 12.6 Å². The van der Waals surface area contributed by atoms with Crippen molar-refractivity contribution in [2.24, 2.45) is 0 Å². The molecule has 1 N–H and O–H groups in total. The van der Waals surface area contributed by atoms with E-state index in [1.54, 1.807) is 6.20 Å². The molecule has 1 aromatic rings. The Morgan fingerprint density at radius 3 is 2.85 bits per heavy atom. The first kappa shape index (κ1) is 9.44. The van der Waals surface area contributed by atoms with Gasteiger partial charge in [0.25, 0.3) is 0 Å². The summed E-state index contributed by atoms with van der Waals surface area (Å²) in [6, 6.07) is 0.102. The second-order valence-electron chi connectivity index (χ2n) is 2.60. The Bertz CT molecular complexity index is 325. The summed E-state index contributed by atoms with van der Waals surface area (Å²) in [4.78, 5) is 17.9. The van der Waals surface area contributed by atoms with Gasteiger partial charge in [-0.25, -0.2) is 14.8 Å². The average molecular weight is 182 g/mol. The van der Waals surface area contributed by atoms with Crippen LogP contribution in [-0.2, 0) is 4.79 Å². The van der Waals surface area contributed by atoms with Gasteiger partial charge in [0, 0.05) is 11.9 Å². The number of hydrogen-bond donors (Lipinski definition) is 1. The highest BCUT2D eigenvalue weighted by atomic mass is 16.5. The second-order valence-corrected chi connectivity index (χ2v) is 2.60. The Morgan fingerprint density at radius 2 is 2.31 bits per heavy atom. The number of aromatic nitrogens is 2. The molecule has 0 unspecified atom stereocenters. The first-order chi connectivity index (χ1) is 6.09. The zero-order valence-corrected chi connectivity index (χ0v) is 7.44. The molecule has 5 heteroatoms. The van der Waals surface area contributed by atoms with E-state index in [0.717, 1.165) is 11.3 Å². The molecule has 0 fully saturated rings. The van der Waals surface area contributed by atoms with Crippen molar-refractivity contribution in [1.29, 1.82) is 0 Å². The second kappa shape index (κ2) is 3.84. The Kier molecular flexibility index (Phi) is 2.79. The highest BCUT2D eigenvalue weighted by molar-refractivity contribution is 5.68. The zero-order valence-electron chi connectivity index (χ0n) is 7.44. The van der Waals surface area contributed by atoms with E-state index in [4.69, 9.17) is 9.84 Å². The Morgan fingerprint density at radius 1 is 1.62 bits per heavy atom. The molecule has 1 heterocycles. The molecular weight excluding hydrogens is 172 g/mol. The molecule has 0 aliphatic carbocycles. The van der Waals surface area contributed by atoms with Gasteiger partial charge < -0.3 is 9.84 Å². The summed E-state index contributed by atoms with van der Waals surface area (Å²) in [5.74, 6) is -1.04. The molecule has 0 amide bonds. The molecule has 0 saturated heterocycles. The molecular formula is C8H10N2O3. The van der Waals surface area contributed by atoms with Gasteiger partial charge in [-0.2, -0.15) is 0 Å². The number of carbonyl (C=O) groups is 1. The van der Waals surface area contributed by atoms with E-state index in [9.17, 15) is 4.79 Å². The lowest BCUT2D eigenvalue weighted by atomic mass is 10.3. The zero-order chi connectivity index (χ0) is 9.84. The predicted molar refractivity (Wildman–Crippen MR) is 44.6 cm³/mol. The van der Waals surface area contributed by atoms with Crippen LogP contribution in [0.3, 0.4) is 0 Å². The number of nitrogens with zero attached hydrogens (tertiary/aromatic N) is 2. The van der Waals surface area contributed by atoms with Crippen LogP contribution in [0.25, 0.3) is 0 Å². The fourth-order valence-electron chi connectivity index (χ4n) is 0.702. The van der Waals surface area contributed by atoms with Gasteiger partial charge in [0.2, 0.25) is 0 Å². The molecule has 1 aromatic heterocycles. The maximum atomic E-state index is 10.1. The van der Waals surface area contributed by atoms with Crippen molar-refractivity contribution < 1.29 is 14.6 Å². The van der Waals surface area contributed by atoms with E-state index in [0.29, 0.717) is 0 Å². The fraction of sp³-hybridized carbons (Fsp3) is 0.375. The maximum absolute atomic E-state index is 10.1. The lowest BCUT2D eigenvalue weighted by Gasteiger charge is -2.02. The number of carboxylic acid groups (broad SMARTS) is 1. The number of rotatable bonds is 3. The number of ether oxygens (including phenoxy) is 1. The average Bonchev–Trinajstić information content (AvgIpc) is 2.07. The quantitative estimate of drug-likeness (QED) is 0.739. The Balaban J connectivity index is 2.68. The smallest absolute Gasteiger partial charge is 0.341 e. The Hall–Kier alpha value is -1.65. The van der Waals surface area contributed by atoms with E-state index in [1.807, 2.05) is 13.8 Å². The van der Waals surface area contributed by atoms with Crippen molar-refractivity contribution in [2.45, 2.75) is 13.8 Å². The van der Waals surface area contributed by atoms with Crippen molar-refractivity contribution in [3.63, 3.8) is 0 Å². The van der Waals surface area contributed by atoms with E-state index in [2.05, 4.69) is 9.97 Å². The van der Waals surface area contributed by atoms with Crippen molar-refractivity contribution in [2.75, 3.05) is 6.61 Å². The van der Waals surface area contributed by atoms with Crippen LogP contribution in [0.1, 0.15) is 11.3 Å². The van der Waals surface area contributed by atoms with Gasteiger partial charge in [0.1, 0.15) is 0 Å². The lowest BCUT2D eigenvalue weighted by molar-refractivity contribution is -0.139. The van der Waals surface area contributed by atoms with Crippen LogP contribution in [0.2, 0.25) is 0 Å². The topological polar surface area (TPSA) is 72.3 Å². The van der Waals surface area contributed by atoms with E-state index >= 15 is 0 Å². The van der Waals surface area contributed by atoms with Gasteiger partial charge in [-0.15, -0.1) is 0 Å². The lowest BCUT2D eigenvalue weighted by Crippen LogP contribution is -2.11. The third kappa shape index (κ3) is 2.70. The summed E-state index contributed by atoms with van der Waals surface area (Å²) in [6.07, 6.45) is 1.60. The third-order valence-corrected chi connectivity index (χ3v) is 1.53. The number of hydrogen-bond acceptors (Lipinski definition) is 4. The predicted octanol–water partition coefficient (Wildman–Crippen LogP) is 0.557. The van der Waals surface area contributed by atoms with Crippen LogP contribution >= 0.6 is 0 Å². The monoisotopic (exact) mass is 182 g/mol. The molecule has 70 valence electrons. The largest absolute Gasteiger partial charge is 0.479 e. The minimum atomic E-state index is -1.04. The fourth-order valence-corrected chi connectivity index (χ4v) is 0.702. The van der Waals surface area contributed by atoms with Crippen LogP contribution in [0.15, 0.2) is 6.20 Å². The molecule has 0 radical (unpaired) electrons.